The van der Waals surface area contributed by atoms with Crippen molar-refractivity contribution in [3.8, 4) is 11.5 Å². The van der Waals surface area contributed by atoms with E-state index < -0.39 is 5.41 Å². The molecular formula is C20H22N2O2. The molecule has 2 aromatic carbocycles. The van der Waals surface area contributed by atoms with Gasteiger partial charge in [-0.2, -0.15) is 0 Å². The van der Waals surface area contributed by atoms with E-state index >= 15 is 0 Å². The highest BCUT2D eigenvalue weighted by Crippen LogP contribution is 2.27. The monoisotopic (exact) mass is 322 g/mol. The van der Waals surface area contributed by atoms with Crippen LogP contribution in [0.4, 0.5) is 5.69 Å². The molecule has 4 nitrogen and oxygen atoms in total. The maximum absolute atomic E-state index is 12.1. The maximum atomic E-state index is 12.1. The van der Waals surface area contributed by atoms with Crippen molar-refractivity contribution in [2.45, 2.75) is 34.1 Å². The summed E-state index contributed by atoms with van der Waals surface area (Å²) < 4.78 is 5.83. The Balaban J connectivity index is 1.89. The second-order valence-corrected chi connectivity index (χ2v) is 6.96. The van der Waals surface area contributed by atoms with Crippen molar-refractivity contribution < 1.29 is 9.21 Å². The molecule has 0 fully saturated rings. The number of benzene rings is 2. The number of hydrogen-bond donors (Lipinski definition) is 1. The van der Waals surface area contributed by atoms with Crippen LogP contribution in [0.5, 0.6) is 0 Å². The van der Waals surface area contributed by atoms with Crippen LogP contribution in [0, 0.1) is 5.41 Å². The number of carbonyl (C=O) groups excluding carboxylic acids is 1. The van der Waals surface area contributed by atoms with Crippen molar-refractivity contribution in [1.82, 2.24) is 4.98 Å². The molecule has 1 amide bonds. The SMILES string of the molecule is CCc1ccc(-c2nc3cc(NC(=O)C(C)(C)C)ccc3o2)cc1. The van der Waals surface area contributed by atoms with Gasteiger partial charge >= 0.3 is 0 Å². The van der Waals surface area contributed by atoms with Gasteiger partial charge in [0.15, 0.2) is 5.58 Å². The lowest BCUT2D eigenvalue weighted by Gasteiger charge is -2.17. The number of oxazole rings is 1. The topological polar surface area (TPSA) is 55.1 Å². The summed E-state index contributed by atoms with van der Waals surface area (Å²) in [4.78, 5) is 16.7. The standard InChI is InChI=1S/C20H22N2O2/c1-5-13-6-8-14(9-7-13)18-22-16-12-15(10-11-17(16)24-18)21-19(23)20(2,3)4/h6-12H,5H2,1-4H3,(H,21,23). The molecule has 0 aliphatic rings. The van der Waals surface area contributed by atoms with E-state index in [1.165, 1.54) is 5.56 Å². The Morgan fingerprint density at radius 2 is 1.83 bits per heavy atom. The van der Waals surface area contributed by atoms with Gasteiger partial charge in [0.05, 0.1) is 0 Å². The molecule has 4 heteroatoms. The van der Waals surface area contributed by atoms with Crippen LogP contribution in [0.25, 0.3) is 22.6 Å². The summed E-state index contributed by atoms with van der Waals surface area (Å²) in [5.41, 5.74) is 3.95. The molecule has 0 radical (unpaired) electrons. The lowest BCUT2D eigenvalue weighted by atomic mass is 9.95. The van der Waals surface area contributed by atoms with Crippen LogP contribution in [-0.4, -0.2) is 10.9 Å². The summed E-state index contributed by atoms with van der Waals surface area (Å²) >= 11 is 0. The van der Waals surface area contributed by atoms with Gasteiger partial charge in [-0.3, -0.25) is 4.79 Å². The Kier molecular flexibility index (Phi) is 4.14. The van der Waals surface area contributed by atoms with E-state index in [0.29, 0.717) is 11.5 Å². The molecular weight excluding hydrogens is 300 g/mol. The van der Waals surface area contributed by atoms with Crippen LogP contribution in [0.2, 0.25) is 0 Å². The van der Waals surface area contributed by atoms with E-state index in [4.69, 9.17) is 4.42 Å². The molecule has 1 N–H and O–H groups in total. The minimum absolute atomic E-state index is 0.0271. The molecule has 124 valence electrons. The fraction of sp³-hybridized carbons (Fsp3) is 0.300. The molecule has 0 saturated heterocycles. The van der Waals surface area contributed by atoms with Crippen molar-refractivity contribution in [3.05, 3.63) is 48.0 Å². The van der Waals surface area contributed by atoms with Gasteiger partial charge in [-0.05, 0) is 42.3 Å². The first-order valence-corrected chi connectivity index (χ1v) is 8.18. The minimum Gasteiger partial charge on any atom is -0.436 e. The van der Waals surface area contributed by atoms with E-state index in [-0.39, 0.29) is 5.91 Å². The molecule has 3 aromatic rings. The van der Waals surface area contributed by atoms with Crippen molar-refractivity contribution in [2.75, 3.05) is 5.32 Å². The van der Waals surface area contributed by atoms with E-state index in [0.717, 1.165) is 23.2 Å². The zero-order chi connectivity index (χ0) is 17.3. The molecule has 0 saturated carbocycles. The van der Waals surface area contributed by atoms with Gasteiger partial charge < -0.3 is 9.73 Å². The number of aromatic nitrogens is 1. The third-order valence-corrected chi connectivity index (χ3v) is 3.94. The van der Waals surface area contributed by atoms with Crippen LogP contribution in [-0.2, 0) is 11.2 Å². The van der Waals surface area contributed by atoms with Crippen molar-refractivity contribution in [1.29, 1.82) is 0 Å². The van der Waals surface area contributed by atoms with E-state index in [2.05, 4.69) is 29.4 Å². The maximum Gasteiger partial charge on any atom is 0.229 e. The lowest BCUT2D eigenvalue weighted by molar-refractivity contribution is -0.123. The minimum atomic E-state index is -0.440. The molecule has 0 aliphatic carbocycles. The fourth-order valence-electron chi connectivity index (χ4n) is 2.33. The van der Waals surface area contributed by atoms with Gasteiger partial charge in [0.25, 0.3) is 0 Å². The van der Waals surface area contributed by atoms with Crippen LogP contribution in [0.15, 0.2) is 46.9 Å². The van der Waals surface area contributed by atoms with Crippen LogP contribution in [0.1, 0.15) is 33.3 Å². The quantitative estimate of drug-likeness (QED) is 0.735. The number of aryl methyl sites for hydroxylation is 1. The summed E-state index contributed by atoms with van der Waals surface area (Å²) in [6, 6.07) is 13.7. The fourth-order valence-corrected chi connectivity index (χ4v) is 2.33. The summed E-state index contributed by atoms with van der Waals surface area (Å²) in [5.74, 6) is 0.563. The Labute approximate surface area is 141 Å². The van der Waals surface area contributed by atoms with Crippen molar-refractivity contribution in [2.24, 2.45) is 5.41 Å². The highest BCUT2D eigenvalue weighted by molar-refractivity contribution is 5.96. The summed E-state index contributed by atoms with van der Waals surface area (Å²) in [5, 5.41) is 2.92. The zero-order valence-electron chi connectivity index (χ0n) is 14.5. The number of carbonyl (C=O) groups is 1. The highest BCUT2D eigenvalue weighted by Gasteiger charge is 2.21. The molecule has 24 heavy (non-hydrogen) atoms. The predicted octanol–water partition coefficient (Wildman–Crippen LogP) is 5.04. The average Bonchev–Trinajstić information content (AvgIpc) is 2.97. The molecule has 0 aliphatic heterocycles. The number of hydrogen-bond acceptors (Lipinski definition) is 3. The number of fused-ring (bicyclic) bond motifs is 1. The largest absolute Gasteiger partial charge is 0.436 e. The lowest BCUT2D eigenvalue weighted by Crippen LogP contribution is -2.27. The Hall–Kier alpha value is -2.62. The Morgan fingerprint density at radius 1 is 1.12 bits per heavy atom. The molecule has 1 aromatic heterocycles. The third kappa shape index (κ3) is 3.32. The highest BCUT2D eigenvalue weighted by atomic mass is 16.3. The molecule has 0 atom stereocenters. The van der Waals surface area contributed by atoms with E-state index in [1.54, 1.807) is 0 Å². The van der Waals surface area contributed by atoms with Gasteiger partial charge in [-0.1, -0.05) is 39.8 Å². The van der Waals surface area contributed by atoms with Gasteiger partial charge in [0.1, 0.15) is 5.52 Å². The molecule has 1 heterocycles. The van der Waals surface area contributed by atoms with Crippen molar-refractivity contribution in [3.63, 3.8) is 0 Å². The van der Waals surface area contributed by atoms with Crippen LogP contribution in [0.3, 0.4) is 0 Å². The smallest absolute Gasteiger partial charge is 0.229 e. The number of rotatable bonds is 3. The molecule has 3 rings (SSSR count). The Morgan fingerprint density at radius 3 is 2.46 bits per heavy atom. The second-order valence-electron chi connectivity index (χ2n) is 6.96. The summed E-state index contributed by atoms with van der Waals surface area (Å²) in [6.07, 6.45) is 1.00. The van der Waals surface area contributed by atoms with Crippen LogP contribution >= 0.6 is 0 Å². The number of amides is 1. The summed E-state index contributed by atoms with van der Waals surface area (Å²) in [6.45, 7) is 7.78. The van der Waals surface area contributed by atoms with Gasteiger partial charge in [-0.15, -0.1) is 0 Å². The average molecular weight is 322 g/mol. The predicted molar refractivity (Wildman–Crippen MR) is 96.9 cm³/mol. The first kappa shape index (κ1) is 16.2. The van der Waals surface area contributed by atoms with Crippen molar-refractivity contribution >= 4 is 22.7 Å². The van der Waals surface area contributed by atoms with E-state index in [9.17, 15) is 4.79 Å². The summed E-state index contributed by atoms with van der Waals surface area (Å²) in [7, 11) is 0. The zero-order valence-corrected chi connectivity index (χ0v) is 14.5. The molecule has 0 unspecified atom stereocenters. The van der Waals surface area contributed by atoms with Gasteiger partial charge in [0, 0.05) is 16.7 Å². The number of nitrogens with zero attached hydrogens (tertiary/aromatic N) is 1. The number of anilines is 1. The number of nitrogens with one attached hydrogen (secondary N) is 1. The van der Waals surface area contributed by atoms with Crippen LogP contribution < -0.4 is 5.32 Å². The third-order valence-electron chi connectivity index (χ3n) is 3.94. The molecule has 0 spiro atoms. The van der Waals surface area contributed by atoms with E-state index in [1.807, 2.05) is 51.1 Å². The Bertz CT molecular complexity index is 871. The molecule has 0 bridgehead atoms. The first-order chi connectivity index (χ1) is 11.4. The first-order valence-electron chi connectivity index (χ1n) is 8.18. The second kappa shape index (κ2) is 6.11. The van der Waals surface area contributed by atoms with Gasteiger partial charge in [-0.25, -0.2) is 4.98 Å². The normalized spacial score (nSPS) is 11.7. The van der Waals surface area contributed by atoms with Gasteiger partial charge in [0.2, 0.25) is 11.8 Å².